The SMILES string of the molecule is COCC(=O)Nc1ncncc1-c1noc([C@@H]2CCCN2Cc2cccc(OC(F)(F)F)c2)n1. The van der Waals surface area contributed by atoms with Crippen LogP contribution in [0.5, 0.6) is 5.75 Å². The lowest BCUT2D eigenvalue weighted by atomic mass is 10.1. The van der Waals surface area contributed by atoms with E-state index in [1.165, 1.54) is 37.8 Å². The summed E-state index contributed by atoms with van der Waals surface area (Å²) in [5, 5.41) is 6.63. The van der Waals surface area contributed by atoms with Gasteiger partial charge in [0.25, 0.3) is 5.91 Å². The Labute approximate surface area is 192 Å². The smallest absolute Gasteiger partial charge is 0.406 e. The quantitative estimate of drug-likeness (QED) is 0.520. The van der Waals surface area contributed by atoms with Crippen LogP contribution in [0.2, 0.25) is 0 Å². The van der Waals surface area contributed by atoms with Gasteiger partial charge in [0.1, 0.15) is 24.5 Å². The van der Waals surface area contributed by atoms with Crippen molar-refractivity contribution in [2.75, 3.05) is 25.6 Å². The maximum atomic E-state index is 12.5. The number of nitrogens with one attached hydrogen (secondary N) is 1. The third-order valence-electron chi connectivity index (χ3n) is 5.09. The molecule has 3 heterocycles. The van der Waals surface area contributed by atoms with Crippen molar-refractivity contribution in [3.05, 3.63) is 48.2 Å². The first-order valence-electron chi connectivity index (χ1n) is 10.3. The van der Waals surface area contributed by atoms with E-state index in [1.807, 2.05) is 4.90 Å². The van der Waals surface area contributed by atoms with Crippen LogP contribution in [0, 0.1) is 0 Å². The van der Waals surface area contributed by atoms with E-state index in [9.17, 15) is 18.0 Å². The van der Waals surface area contributed by atoms with Gasteiger partial charge in [-0.05, 0) is 37.1 Å². The Hall–Kier alpha value is -3.58. The van der Waals surface area contributed by atoms with Crippen molar-refractivity contribution in [1.29, 1.82) is 0 Å². The van der Waals surface area contributed by atoms with Gasteiger partial charge < -0.3 is 19.3 Å². The van der Waals surface area contributed by atoms with Crippen molar-refractivity contribution in [1.82, 2.24) is 25.0 Å². The third-order valence-corrected chi connectivity index (χ3v) is 5.09. The summed E-state index contributed by atoms with van der Waals surface area (Å²) in [6.07, 6.45) is -0.417. The summed E-state index contributed by atoms with van der Waals surface area (Å²) in [6.45, 7) is 0.941. The van der Waals surface area contributed by atoms with Crippen molar-refractivity contribution in [3.63, 3.8) is 0 Å². The van der Waals surface area contributed by atoms with Crippen LogP contribution in [-0.2, 0) is 16.1 Å². The molecule has 0 saturated carbocycles. The standard InChI is InChI=1S/C21H21F3N6O4/c1-32-11-17(31)27-18-15(9-25-12-26-18)19-28-20(34-29-19)16-6-3-7-30(16)10-13-4-2-5-14(8-13)33-21(22,23)24/h2,4-5,8-9,12,16H,3,6-7,10-11H2,1H3,(H,25,26,27,31)/t16-/m0/s1. The number of anilines is 1. The van der Waals surface area contributed by atoms with Crippen LogP contribution in [0.4, 0.5) is 19.0 Å². The van der Waals surface area contributed by atoms with E-state index in [-0.39, 0.29) is 30.0 Å². The number of carbonyl (C=O) groups excluding carboxylic acids is 1. The number of likely N-dealkylation sites (tertiary alicyclic amines) is 1. The number of amides is 1. The Morgan fingerprint density at radius 1 is 1.35 bits per heavy atom. The number of carbonyl (C=O) groups is 1. The molecule has 0 unspecified atom stereocenters. The molecule has 1 fully saturated rings. The summed E-state index contributed by atoms with van der Waals surface area (Å²) in [7, 11) is 1.40. The number of halogens is 3. The molecule has 1 aliphatic rings. The highest BCUT2D eigenvalue weighted by Crippen LogP contribution is 2.34. The third kappa shape index (κ3) is 5.85. The Morgan fingerprint density at radius 3 is 3.00 bits per heavy atom. The van der Waals surface area contributed by atoms with Crippen molar-refractivity contribution in [3.8, 4) is 17.1 Å². The van der Waals surface area contributed by atoms with Crippen molar-refractivity contribution in [2.24, 2.45) is 0 Å². The number of hydrogen-bond acceptors (Lipinski definition) is 9. The molecular formula is C21H21F3N6O4. The molecule has 1 N–H and O–H groups in total. The van der Waals surface area contributed by atoms with Crippen LogP contribution >= 0.6 is 0 Å². The van der Waals surface area contributed by atoms with Gasteiger partial charge in [-0.2, -0.15) is 4.98 Å². The van der Waals surface area contributed by atoms with E-state index in [4.69, 9.17) is 9.26 Å². The average Bonchev–Trinajstić information content (AvgIpc) is 3.43. The fourth-order valence-corrected chi connectivity index (χ4v) is 3.74. The Kier molecular flexibility index (Phi) is 7.03. The number of hydrogen-bond donors (Lipinski definition) is 1. The maximum Gasteiger partial charge on any atom is 0.573 e. The molecule has 1 aromatic carbocycles. The van der Waals surface area contributed by atoms with Gasteiger partial charge in [-0.25, -0.2) is 9.97 Å². The molecule has 0 aliphatic carbocycles. The van der Waals surface area contributed by atoms with E-state index in [0.717, 1.165) is 12.8 Å². The number of rotatable bonds is 8. The minimum atomic E-state index is -4.75. The van der Waals surface area contributed by atoms with Gasteiger partial charge in [0.05, 0.1) is 11.6 Å². The fourth-order valence-electron chi connectivity index (χ4n) is 3.74. The largest absolute Gasteiger partial charge is 0.573 e. The Bertz CT molecular complexity index is 1140. The first kappa shape index (κ1) is 23.6. The van der Waals surface area contributed by atoms with Crippen molar-refractivity contribution < 1.29 is 32.0 Å². The molecule has 34 heavy (non-hydrogen) atoms. The van der Waals surface area contributed by atoms with Gasteiger partial charge in [-0.3, -0.25) is 9.69 Å². The molecule has 0 spiro atoms. The number of benzene rings is 1. The van der Waals surface area contributed by atoms with Crippen LogP contribution in [0.3, 0.4) is 0 Å². The topological polar surface area (TPSA) is 116 Å². The van der Waals surface area contributed by atoms with Crippen LogP contribution in [-0.4, -0.2) is 57.5 Å². The zero-order valence-electron chi connectivity index (χ0n) is 18.1. The summed E-state index contributed by atoms with van der Waals surface area (Å²) >= 11 is 0. The lowest BCUT2D eigenvalue weighted by Gasteiger charge is -2.21. The summed E-state index contributed by atoms with van der Waals surface area (Å²) in [5.74, 6) is 0.107. The van der Waals surface area contributed by atoms with Gasteiger partial charge in [-0.15, -0.1) is 13.2 Å². The molecule has 13 heteroatoms. The molecule has 180 valence electrons. The number of ether oxygens (including phenoxy) is 2. The zero-order chi connectivity index (χ0) is 24.1. The van der Waals surface area contributed by atoms with E-state index in [0.29, 0.717) is 30.1 Å². The second-order valence-corrected chi connectivity index (χ2v) is 7.55. The van der Waals surface area contributed by atoms with Gasteiger partial charge in [-0.1, -0.05) is 17.3 Å². The zero-order valence-corrected chi connectivity index (χ0v) is 18.1. The lowest BCUT2D eigenvalue weighted by Crippen LogP contribution is -2.23. The van der Waals surface area contributed by atoms with E-state index < -0.39 is 12.3 Å². The predicted molar refractivity (Wildman–Crippen MR) is 111 cm³/mol. The first-order chi connectivity index (χ1) is 16.3. The molecular weight excluding hydrogens is 457 g/mol. The molecule has 1 atom stereocenters. The van der Waals surface area contributed by atoms with Crippen molar-refractivity contribution >= 4 is 11.7 Å². The van der Waals surface area contributed by atoms with Crippen LogP contribution in [0.15, 0.2) is 41.3 Å². The first-order valence-corrected chi connectivity index (χ1v) is 10.3. The summed E-state index contributed by atoms with van der Waals surface area (Å²) in [6, 6.07) is 5.64. The Morgan fingerprint density at radius 2 is 2.21 bits per heavy atom. The van der Waals surface area contributed by atoms with Gasteiger partial charge in [0.15, 0.2) is 0 Å². The van der Waals surface area contributed by atoms with E-state index in [2.05, 4.69) is 30.2 Å². The molecule has 1 amide bonds. The highest BCUT2D eigenvalue weighted by Gasteiger charge is 2.33. The molecule has 3 aromatic rings. The van der Waals surface area contributed by atoms with Gasteiger partial charge in [0, 0.05) is 19.9 Å². The molecule has 4 rings (SSSR count). The van der Waals surface area contributed by atoms with Crippen LogP contribution in [0.1, 0.15) is 30.3 Å². The van der Waals surface area contributed by atoms with Gasteiger partial charge in [0.2, 0.25) is 11.7 Å². The number of nitrogens with zero attached hydrogens (tertiary/aromatic N) is 5. The van der Waals surface area contributed by atoms with Crippen LogP contribution in [0.25, 0.3) is 11.4 Å². The maximum absolute atomic E-state index is 12.5. The monoisotopic (exact) mass is 478 g/mol. The van der Waals surface area contributed by atoms with Gasteiger partial charge >= 0.3 is 6.36 Å². The van der Waals surface area contributed by atoms with E-state index >= 15 is 0 Å². The molecule has 2 aromatic heterocycles. The predicted octanol–water partition coefficient (Wildman–Crippen LogP) is 3.35. The van der Waals surface area contributed by atoms with Crippen molar-refractivity contribution in [2.45, 2.75) is 31.8 Å². The normalized spacial score (nSPS) is 16.5. The fraction of sp³-hybridized carbons (Fsp3) is 0.381. The number of methoxy groups -OCH3 is 1. The average molecular weight is 478 g/mol. The molecule has 1 aliphatic heterocycles. The second kappa shape index (κ2) is 10.1. The molecule has 10 nitrogen and oxygen atoms in total. The number of aromatic nitrogens is 4. The van der Waals surface area contributed by atoms with E-state index in [1.54, 1.807) is 6.07 Å². The summed E-state index contributed by atoms with van der Waals surface area (Å²) < 4.78 is 52.0. The lowest BCUT2D eigenvalue weighted by molar-refractivity contribution is -0.274. The second-order valence-electron chi connectivity index (χ2n) is 7.55. The number of alkyl halides is 3. The van der Waals surface area contributed by atoms with Crippen LogP contribution < -0.4 is 10.1 Å². The molecule has 0 bridgehead atoms. The highest BCUT2D eigenvalue weighted by molar-refractivity contribution is 5.93. The minimum Gasteiger partial charge on any atom is -0.406 e. The highest BCUT2D eigenvalue weighted by atomic mass is 19.4. The minimum absolute atomic E-state index is 0.146. The molecule has 1 saturated heterocycles. The Balaban J connectivity index is 1.50. The molecule has 0 radical (unpaired) electrons. The summed E-state index contributed by atoms with van der Waals surface area (Å²) in [4.78, 5) is 26.5. The summed E-state index contributed by atoms with van der Waals surface area (Å²) in [5.41, 5.74) is 1.04.